The first-order valence-electron chi connectivity index (χ1n) is 5.58. The van der Waals surface area contributed by atoms with Crippen LogP contribution in [0.15, 0.2) is 30.5 Å². The fraction of sp³-hybridized carbons (Fsp3) is 0.231. The third-order valence-corrected chi connectivity index (χ3v) is 2.37. The predicted molar refractivity (Wildman–Crippen MR) is 64.7 cm³/mol. The van der Waals surface area contributed by atoms with E-state index in [1.54, 1.807) is 12.3 Å². The standard InChI is InChI=1S/C13H13F2N3/c1-8(16)4-12-2-3-17-13(18-12)9-5-10(14)7-11(15)6-9/h2-3,5-8H,4,16H2,1H3. The minimum Gasteiger partial charge on any atom is -0.328 e. The Morgan fingerprint density at radius 1 is 1.22 bits per heavy atom. The van der Waals surface area contributed by atoms with E-state index in [9.17, 15) is 8.78 Å². The van der Waals surface area contributed by atoms with Crippen molar-refractivity contribution in [1.82, 2.24) is 9.97 Å². The van der Waals surface area contributed by atoms with Crippen molar-refractivity contribution in [2.45, 2.75) is 19.4 Å². The quantitative estimate of drug-likeness (QED) is 0.908. The number of nitrogens with two attached hydrogens (primary N) is 1. The Kier molecular flexibility index (Phi) is 3.62. The molecule has 0 saturated carbocycles. The van der Waals surface area contributed by atoms with Crippen molar-refractivity contribution in [3.8, 4) is 11.4 Å². The van der Waals surface area contributed by atoms with Gasteiger partial charge in [-0.05, 0) is 25.1 Å². The molecule has 0 saturated heterocycles. The van der Waals surface area contributed by atoms with Crippen molar-refractivity contribution >= 4 is 0 Å². The summed E-state index contributed by atoms with van der Waals surface area (Å²) in [7, 11) is 0. The summed E-state index contributed by atoms with van der Waals surface area (Å²) < 4.78 is 26.2. The summed E-state index contributed by atoms with van der Waals surface area (Å²) >= 11 is 0. The lowest BCUT2D eigenvalue weighted by molar-refractivity contribution is 0.584. The van der Waals surface area contributed by atoms with E-state index in [0.717, 1.165) is 11.8 Å². The highest BCUT2D eigenvalue weighted by atomic mass is 19.1. The fourth-order valence-electron chi connectivity index (χ4n) is 1.66. The summed E-state index contributed by atoms with van der Waals surface area (Å²) in [5.41, 5.74) is 6.75. The normalized spacial score (nSPS) is 12.4. The van der Waals surface area contributed by atoms with Crippen molar-refractivity contribution < 1.29 is 8.78 Å². The molecule has 94 valence electrons. The SMILES string of the molecule is CC(N)Cc1ccnc(-c2cc(F)cc(F)c2)n1. The highest BCUT2D eigenvalue weighted by molar-refractivity contribution is 5.54. The average molecular weight is 249 g/mol. The van der Waals surface area contributed by atoms with E-state index >= 15 is 0 Å². The van der Waals surface area contributed by atoms with Crippen molar-refractivity contribution in [2.75, 3.05) is 0 Å². The minimum atomic E-state index is -0.647. The molecule has 1 heterocycles. The molecular weight excluding hydrogens is 236 g/mol. The molecule has 0 radical (unpaired) electrons. The molecule has 0 aliphatic rings. The molecule has 0 spiro atoms. The number of rotatable bonds is 3. The zero-order valence-corrected chi connectivity index (χ0v) is 9.90. The zero-order chi connectivity index (χ0) is 13.1. The van der Waals surface area contributed by atoms with E-state index in [2.05, 4.69) is 9.97 Å². The van der Waals surface area contributed by atoms with Gasteiger partial charge in [-0.3, -0.25) is 0 Å². The number of hydrogen-bond acceptors (Lipinski definition) is 3. The Balaban J connectivity index is 2.38. The number of halogens is 2. The Bertz CT molecular complexity index is 535. The minimum absolute atomic E-state index is 0.0306. The van der Waals surface area contributed by atoms with E-state index in [0.29, 0.717) is 17.8 Å². The summed E-state index contributed by atoms with van der Waals surface area (Å²) in [5, 5.41) is 0. The van der Waals surface area contributed by atoms with E-state index in [4.69, 9.17) is 5.73 Å². The maximum atomic E-state index is 13.1. The Hall–Kier alpha value is -1.88. The fourth-order valence-corrected chi connectivity index (χ4v) is 1.66. The van der Waals surface area contributed by atoms with Gasteiger partial charge in [0.25, 0.3) is 0 Å². The van der Waals surface area contributed by atoms with Gasteiger partial charge in [0.1, 0.15) is 11.6 Å². The molecule has 0 fully saturated rings. The van der Waals surface area contributed by atoms with Crippen LogP contribution in [-0.4, -0.2) is 16.0 Å². The van der Waals surface area contributed by atoms with Crippen LogP contribution in [0.2, 0.25) is 0 Å². The van der Waals surface area contributed by atoms with Crippen LogP contribution in [-0.2, 0) is 6.42 Å². The summed E-state index contributed by atoms with van der Waals surface area (Å²) in [5.74, 6) is -0.996. The van der Waals surface area contributed by atoms with Gasteiger partial charge >= 0.3 is 0 Å². The van der Waals surface area contributed by atoms with Crippen LogP contribution in [0.3, 0.4) is 0 Å². The molecular formula is C13H13F2N3. The van der Waals surface area contributed by atoms with E-state index in [1.807, 2.05) is 6.92 Å². The summed E-state index contributed by atoms with van der Waals surface area (Å²) in [6.07, 6.45) is 2.15. The first kappa shape index (κ1) is 12.6. The topological polar surface area (TPSA) is 51.8 Å². The molecule has 2 N–H and O–H groups in total. The second-order valence-corrected chi connectivity index (χ2v) is 4.21. The van der Waals surface area contributed by atoms with Crippen LogP contribution in [0.4, 0.5) is 8.78 Å². The van der Waals surface area contributed by atoms with E-state index in [1.165, 1.54) is 12.1 Å². The molecule has 1 aromatic carbocycles. The number of benzene rings is 1. The maximum absolute atomic E-state index is 13.1. The molecule has 0 aliphatic carbocycles. The van der Waals surface area contributed by atoms with Gasteiger partial charge in [0.05, 0.1) is 0 Å². The van der Waals surface area contributed by atoms with Crippen LogP contribution < -0.4 is 5.73 Å². The second kappa shape index (κ2) is 5.18. The van der Waals surface area contributed by atoms with Gasteiger partial charge in [0, 0.05) is 36.0 Å². The molecule has 5 heteroatoms. The Morgan fingerprint density at radius 3 is 2.50 bits per heavy atom. The second-order valence-electron chi connectivity index (χ2n) is 4.21. The summed E-state index contributed by atoms with van der Waals surface area (Å²) in [4.78, 5) is 8.25. The smallest absolute Gasteiger partial charge is 0.159 e. The highest BCUT2D eigenvalue weighted by Gasteiger charge is 2.07. The lowest BCUT2D eigenvalue weighted by Gasteiger charge is -2.06. The van der Waals surface area contributed by atoms with Crippen molar-refractivity contribution in [3.05, 3.63) is 47.8 Å². The lowest BCUT2D eigenvalue weighted by Crippen LogP contribution is -2.18. The molecule has 2 rings (SSSR count). The van der Waals surface area contributed by atoms with E-state index in [-0.39, 0.29) is 6.04 Å². The van der Waals surface area contributed by atoms with Crippen LogP contribution in [0.5, 0.6) is 0 Å². The van der Waals surface area contributed by atoms with Gasteiger partial charge in [-0.15, -0.1) is 0 Å². The third kappa shape index (κ3) is 3.07. The van der Waals surface area contributed by atoms with Gasteiger partial charge in [0.2, 0.25) is 0 Å². The van der Waals surface area contributed by atoms with Crippen LogP contribution in [0.25, 0.3) is 11.4 Å². The molecule has 1 unspecified atom stereocenters. The highest BCUT2D eigenvalue weighted by Crippen LogP contribution is 2.18. The number of hydrogen-bond donors (Lipinski definition) is 1. The summed E-state index contributed by atoms with van der Waals surface area (Å²) in [6, 6.07) is 4.93. The van der Waals surface area contributed by atoms with Gasteiger partial charge in [-0.25, -0.2) is 18.7 Å². The molecule has 0 aliphatic heterocycles. The molecule has 18 heavy (non-hydrogen) atoms. The first-order chi connectivity index (χ1) is 8.54. The van der Waals surface area contributed by atoms with Gasteiger partial charge < -0.3 is 5.73 Å². The Labute approximate surface area is 104 Å². The van der Waals surface area contributed by atoms with Crippen molar-refractivity contribution in [3.63, 3.8) is 0 Å². The first-order valence-corrected chi connectivity index (χ1v) is 5.58. The van der Waals surface area contributed by atoms with Gasteiger partial charge in [0.15, 0.2) is 5.82 Å². The van der Waals surface area contributed by atoms with Gasteiger partial charge in [-0.2, -0.15) is 0 Å². The van der Waals surface area contributed by atoms with Crippen LogP contribution in [0, 0.1) is 11.6 Å². The molecule has 0 amide bonds. The number of aromatic nitrogens is 2. The third-order valence-electron chi connectivity index (χ3n) is 2.37. The van der Waals surface area contributed by atoms with E-state index < -0.39 is 11.6 Å². The summed E-state index contributed by atoms with van der Waals surface area (Å²) in [6.45, 7) is 1.86. The molecule has 3 nitrogen and oxygen atoms in total. The monoisotopic (exact) mass is 249 g/mol. The van der Waals surface area contributed by atoms with Crippen LogP contribution in [0.1, 0.15) is 12.6 Å². The van der Waals surface area contributed by atoms with Crippen molar-refractivity contribution in [1.29, 1.82) is 0 Å². The van der Waals surface area contributed by atoms with Crippen LogP contribution >= 0.6 is 0 Å². The molecule has 1 atom stereocenters. The average Bonchev–Trinajstić information content (AvgIpc) is 2.27. The molecule has 2 aromatic rings. The zero-order valence-electron chi connectivity index (χ0n) is 9.90. The number of nitrogens with zero attached hydrogens (tertiary/aromatic N) is 2. The predicted octanol–water partition coefficient (Wildman–Crippen LogP) is 2.31. The van der Waals surface area contributed by atoms with Crippen molar-refractivity contribution in [2.24, 2.45) is 5.73 Å². The molecule has 0 bridgehead atoms. The largest absolute Gasteiger partial charge is 0.328 e. The van der Waals surface area contributed by atoms with Gasteiger partial charge in [-0.1, -0.05) is 0 Å². The molecule has 1 aromatic heterocycles. The Morgan fingerprint density at radius 2 is 1.89 bits per heavy atom. The lowest BCUT2D eigenvalue weighted by atomic mass is 10.1. The maximum Gasteiger partial charge on any atom is 0.159 e.